The summed E-state index contributed by atoms with van der Waals surface area (Å²) < 4.78 is 14.0. The van der Waals surface area contributed by atoms with E-state index in [1.165, 1.54) is 30.4 Å². The van der Waals surface area contributed by atoms with Crippen molar-refractivity contribution in [2.45, 2.75) is 32.4 Å². The molecule has 5 nitrogen and oxygen atoms in total. The van der Waals surface area contributed by atoms with Gasteiger partial charge in [0.15, 0.2) is 5.13 Å². The first-order valence-electron chi connectivity index (χ1n) is 10.1. The third kappa shape index (κ3) is 5.06. The van der Waals surface area contributed by atoms with Crippen LogP contribution in [0.3, 0.4) is 0 Å². The van der Waals surface area contributed by atoms with Crippen molar-refractivity contribution in [1.29, 1.82) is 0 Å². The molecule has 4 rings (SSSR count). The second-order valence-corrected chi connectivity index (χ2v) is 8.20. The predicted molar refractivity (Wildman–Crippen MR) is 120 cm³/mol. The summed E-state index contributed by atoms with van der Waals surface area (Å²) in [6.07, 6.45) is 4.97. The van der Waals surface area contributed by atoms with Crippen molar-refractivity contribution in [3.8, 4) is 0 Å². The van der Waals surface area contributed by atoms with Gasteiger partial charge in [0.25, 0.3) is 0 Å². The number of thiazole rings is 1. The van der Waals surface area contributed by atoms with Crippen LogP contribution in [0.2, 0.25) is 0 Å². The van der Waals surface area contributed by atoms with Crippen LogP contribution in [-0.2, 0) is 16.1 Å². The van der Waals surface area contributed by atoms with E-state index in [1.807, 2.05) is 30.3 Å². The number of rotatable bonds is 7. The van der Waals surface area contributed by atoms with Crippen molar-refractivity contribution < 1.29 is 14.0 Å². The van der Waals surface area contributed by atoms with Crippen molar-refractivity contribution in [2.75, 3.05) is 4.90 Å². The molecule has 0 radical (unpaired) electrons. The van der Waals surface area contributed by atoms with E-state index in [9.17, 15) is 14.0 Å². The number of anilines is 2. The number of hydrogen-bond donors (Lipinski definition) is 0. The van der Waals surface area contributed by atoms with Crippen LogP contribution in [0.25, 0.3) is 6.08 Å². The van der Waals surface area contributed by atoms with E-state index in [0.29, 0.717) is 16.4 Å². The molecule has 0 bridgehead atoms. The molecule has 1 saturated carbocycles. The van der Waals surface area contributed by atoms with Gasteiger partial charge in [-0.25, -0.2) is 9.37 Å². The first kappa shape index (κ1) is 20.9. The lowest BCUT2D eigenvalue weighted by atomic mass is 10.2. The maximum atomic E-state index is 14.0. The van der Waals surface area contributed by atoms with Gasteiger partial charge in [0.05, 0.1) is 11.4 Å². The summed E-state index contributed by atoms with van der Waals surface area (Å²) >= 11 is 1.33. The Labute approximate surface area is 184 Å². The molecule has 1 aliphatic rings. The molecule has 0 unspecified atom stereocenters. The molecule has 0 spiro atoms. The van der Waals surface area contributed by atoms with Crippen LogP contribution in [0.5, 0.6) is 0 Å². The Hall–Kier alpha value is -3.32. The number of para-hydroxylation sites is 1. The Kier molecular flexibility index (Phi) is 6.23. The van der Waals surface area contributed by atoms with Gasteiger partial charge in [-0.1, -0.05) is 36.4 Å². The Bertz CT molecular complexity index is 1110. The minimum absolute atomic E-state index is 0.142. The Morgan fingerprint density at radius 2 is 1.84 bits per heavy atom. The molecule has 3 aromatic rings. The zero-order valence-corrected chi connectivity index (χ0v) is 17.9. The van der Waals surface area contributed by atoms with Crippen molar-refractivity contribution in [3.63, 3.8) is 0 Å². The normalized spacial score (nSPS) is 13.4. The smallest absolute Gasteiger partial charge is 0.247 e. The lowest BCUT2D eigenvalue weighted by Gasteiger charge is -2.21. The number of nitrogens with zero attached hydrogens (tertiary/aromatic N) is 3. The van der Waals surface area contributed by atoms with Gasteiger partial charge >= 0.3 is 0 Å². The second-order valence-electron chi connectivity index (χ2n) is 7.37. The highest BCUT2D eigenvalue weighted by Gasteiger charge is 2.32. The largest absolute Gasteiger partial charge is 0.332 e. The zero-order valence-electron chi connectivity index (χ0n) is 17.1. The molecule has 1 fully saturated rings. The minimum atomic E-state index is -0.306. The number of aromatic nitrogens is 1. The molecule has 0 aliphatic heterocycles. The van der Waals surface area contributed by atoms with Gasteiger partial charge in [-0.3, -0.25) is 14.5 Å². The summed E-state index contributed by atoms with van der Waals surface area (Å²) in [5, 5.41) is 2.34. The highest BCUT2D eigenvalue weighted by Crippen LogP contribution is 2.30. The monoisotopic (exact) mass is 435 g/mol. The van der Waals surface area contributed by atoms with Crippen LogP contribution < -0.4 is 4.90 Å². The number of amides is 2. The standard InChI is InChI=1S/C24H22FN3O2S/c1-17(29)28(21-8-3-2-4-9-21)24-26-19(16-31-24)11-14-23(30)27(20-12-13-20)15-18-7-5-6-10-22(18)25/h2-11,14,16,20H,12-13,15H2,1H3/b14-11+. The van der Waals surface area contributed by atoms with E-state index >= 15 is 0 Å². The number of halogens is 1. The summed E-state index contributed by atoms with van der Waals surface area (Å²) in [4.78, 5) is 32.7. The van der Waals surface area contributed by atoms with Crippen LogP contribution in [0.4, 0.5) is 15.2 Å². The quantitative estimate of drug-likeness (QED) is 0.481. The Morgan fingerprint density at radius 1 is 1.13 bits per heavy atom. The lowest BCUT2D eigenvalue weighted by molar-refractivity contribution is -0.127. The van der Waals surface area contributed by atoms with E-state index in [-0.39, 0.29) is 30.2 Å². The summed E-state index contributed by atoms with van der Waals surface area (Å²) in [6, 6.07) is 16.0. The number of hydrogen-bond acceptors (Lipinski definition) is 4. The van der Waals surface area contributed by atoms with Crippen molar-refractivity contribution >= 4 is 40.0 Å². The molecule has 0 atom stereocenters. The average Bonchev–Trinajstić information content (AvgIpc) is 3.50. The fourth-order valence-corrected chi connectivity index (χ4v) is 4.15. The van der Waals surface area contributed by atoms with Crippen molar-refractivity contribution in [1.82, 2.24) is 9.88 Å². The maximum absolute atomic E-state index is 14.0. The average molecular weight is 436 g/mol. The van der Waals surface area contributed by atoms with Crippen LogP contribution in [0.1, 0.15) is 31.0 Å². The van der Waals surface area contributed by atoms with Gasteiger partial charge in [0.1, 0.15) is 5.82 Å². The molecular formula is C24H22FN3O2S. The third-order valence-electron chi connectivity index (χ3n) is 5.00. The topological polar surface area (TPSA) is 53.5 Å². The van der Waals surface area contributed by atoms with Crippen molar-refractivity contribution in [3.05, 3.63) is 83.1 Å². The molecule has 31 heavy (non-hydrogen) atoms. The van der Waals surface area contributed by atoms with Crippen LogP contribution in [-0.4, -0.2) is 27.7 Å². The molecule has 7 heteroatoms. The van der Waals surface area contributed by atoms with Crippen LogP contribution in [0.15, 0.2) is 66.1 Å². The number of benzene rings is 2. The van der Waals surface area contributed by atoms with E-state index < -0.39 is 0 Å². The third-order valence-corrected chi connectivity index (χ3v) is 5.84. The highest BCUT2D eigenvalue weighted by atomic mass is 32.1. The first-order valence-corrected chi connectivity index (χ1v) is 10.9. The van der Waals surface area contributed by atoms with Gasteiger partial charge in [0, 0.05) is 36.5 Å². The fraction of sp³-hybridized carbons (Fsp3) is 0.208. The predicted octanol–water partition coefficient (Wildman–Crippen LogP) is 5.17. The van der Waals surface area contributed by atoms with E-state index in [1.54, 1.807) is 39.5 Å². The van der Waals surface area contributed by atoms with Gasteiger partial charge in [-0.2, -0.15) is 0 Å². The second kappa shape index (κ2) is 9.22. The number of carbonyl (C=O) groups is 2. The summed E-state index contributed by atoms with van der Waals surface area (Å²) in [5.41, 5.74) is 1.84. The lowest BCUT2D eigenvalue weighted by Crippen LogP contribution is -2.31. The molecule has 2 aromatic carbocycles. The Balaban J connectivity index is 1.49. The molecule has 1 aromatic heterocycles. The van der Waals surface area contributed by atoms with E-state index in [0.717, 1.165) is 18.5 Å². The highest BCUT2D eigenvalue weighted by molar-refractivity contribution is 7.14. The summed E-state index contributed by atoms with van der Waals surface area (Å²) in [7, 11) is 0. The molecular weight excluding hydrogens is 413 g/mol. The van der Waals surface area contributed by atoms with Crippen LogP contribution >= 0.6 is 11.3 Å². The summed E-state index contributed by atoms with van der Waals surface area (Å²) in [5.74, 6) is -0.622. The maximum Gasteiger partial charge on any atom is 0.247 e. The minimum Gasteiger partial charge on any atom is -0.332 e. The number of carbonyl (C=O) groups excluding carboxylic acids is 2. The first-order chi connectivity index (χ1) is 15.0. The van der Waals surface area contributed by atoms with E-state index in [2.05, 4.69) is 4.98 Å². The molecule has 158 valence electrons. The van der Waals surface area contributed by atoms with E-state index in [4.69, 9.17) is 0 Å². The van der Waals surface area contributed by atoms with Gasteiger partial charge in [-0.05, 0) is 37.1 Å². The SMILES string of the molecule is CC(=O)N(c1ccccc1)c1nc(/C=C/C(=O)N(Cc2ccccc2F)C2CC2)cs1. The Morgan fingerprint density at radius 3 is 2.52 bits per heavy atom. The molecule has 0 saturated heterocycles. The molecule has 1 aliphatic carbocycles. The van der Waals surface area contributed by atoms with Gasteiger partial charge in [-0.15, -0.1) is 11.3 Å². The molecule has 0 N–H and O–H groups in total. The zero-order chi connectivity index (χ0) is 21.8. The van der Waals surface area contributed by atoms with Crippen LogP contribution in [0, 0.1) is 5.82 Å². The molecule has 2 amide bonds. The van der Waals surface area contributed by atoms with Crippen molar-refractivity contribution in [2.24, 2.45) is 0 Å². The summed E-state index contributed by atoms with van der Waals surface area (Å²) in [6.45, 7) is 1.73. The van der Waals surface area contributed by atoms with Gasteiger partial charge < -0.3 is 4.90 Å². The fourth-order valence-electron chi connectivity index (χ4n) is 3.30. The van der Waals surface area contributed by atoms with Gasteiger partial charge in [0.2, 0.25) is 11.8 Å². The molecule has 1 heterocycles.